The molecule has 2 aromatic rings. The van der Waals surface area contributed by atoms with Crippen molar-refractivity contribution >= 4 is 0 Å². The molecule has 0 bridgehead atoms. The van der Waals surface area contributed by atoms with Crippen molar-refractivity contribution in [2.45, 2.75) is 6.61 Å². The van der Waals surface area contributed by atoms with Crippen LogP contribution in [0.2, 0.25) is 0 Å². The SMILES string of the molecule is COOc1cccc(-c2ccccc2OC)c1CO. The number of benzene rings is 2. The Morgan fingerprint density at radius 2 is 1.58 bits per heavy atom. The van der Waals surface area contributed by atoms with Crippen LogP contribution in [0.5, 0.6) is 11.5 Å². The lowest BCUT2D eigenvalue weighted by molar-refractivity contribution is -0.179. The van der Waals surface area contributed by atoms with Gasteiger partial charge in [-0.25, -0.2) is 0 Å². The second kappa shape index (κ2) is 6.22. The van der Waals surface area contributed by atoms with E-state index in [4.69, 9.17) is 9.62 Å². The molecule has 0 aliphatic heterocycles. The van der Waals surface area contributed by atoms with Gasteiger partial charge < -0.3 is 14.7 Å². The highest BCUT2D eigenvalue weighted by molar-refractivity contribution is 5.75. The zero-order chi connectivity index (χ0) is 13.7. The molecule has 0 aromatic heterocycles. The van der Waals surface area contributed by atoms with Crippen LogP contribution in [0, 0.1) is 0 Å². The van der Waals surface area contributed by atoms with Crippen LogP contribution in [-0.4, -0.2) is 19.3 Å². The van der Waals surface area contributed by atoms with Gasteiger partial charge in [-0.2, -0.15) is 4.89 Å². The Morgan fingerprint density at radius 3 is 2.26 bits per heavy atom. The maximum atomic E-state index is 9.57. The van der Waals surface area contributed by atoms with Gasteiger partial charge in [-0.3, -0.25) is 0 Å². The monoisotopic (exact) mass is 260 g/mol. The van der Waals surface area contributed by atoms with Gasteiger partial charge in [-0.05, 0) is 17.7 Å². The molecule has 0 saturated heterocycles. The minimum atomic E-state index is -0.146. The summed E-state index contributed by atoms with van der Waals surface area (Å²) in [5.74, 6) is 1.24. The van der Waals surface area contributed by atoms with Gasteiger partial charge in [0.1, 0.15) is 5.75 Å². The van der Waals surface area contributed by atoms with Crippen molar-refractivity contribution in [2.75, 3.05) is 14.2 Å². The van der Waals surface area contributed by atoms with Gasteiger partial charge in [-0.1, -0.05) is 30.3 Å². The smallest absolute Gasteiger partial charge is 0.171 e. The standard InChI is InChI=1S/C15H16O4/c1-17-14-8-4-3-6-12(14)11-7-5-9-15(19-18-2)13(11)10-16/h3-9,16H,10H2,1-2H3. The summed E-state index contributed by atoms with van der Waals surface area (Å²) in [6.45, 7) is -0.146. The molecule has 0 aliphatic carbocycles. The largest absolute Gasteiger partial charge is 0.496 e. The van der Waals surface area contributed by atoms with Gasteiger partial charge in [0.25, 0.3) is 0 Å². The molecule has 0 radical (unpaired) electrons. The zero-order valence-corrected chi connectivity index (χ0v) is 10.9. The average molecular weight is 260 g/mol. The number of aliphatic hydroxyl groups excluding tert-OH is 1. The third-order valence-electron chi connectivity index (χ3n) is 2.86. The minimum absolute atomic E-state index is 0.146. The Labute approximate surface area is 112 Å². The molecule has 0 atom stereocenters. The first-order valence-corrected chi connectivity index (χ1v) is 5.88. The molecule has 2 aromatic carbocycles. The highest BCUT2D eigenvalue weighted by atomic mass is 17.2. The molecule has 2 rings (SSSR count). The van der Waals surface area contributed by atoms with E-state index in [2.05, 4.69) is 4.89 Å². The van der Waals surface area contributed by atoms with Crippen molar-refractivity contribution in [2.24, 2.45) is 0 Å². The highest BCUT2D eigenvalue weighted by Gasteiger charge is 2.14. The molecular weight excluding hydrogens is 244 g/mol. The molecule has 0 amide bonds. The molecule has 0 spiro atoms. The number of rotatable bonds is 5. The number of para-hydroxylation sites is 1. The summed E-state index contributed by atoms with van der Waals surface area (Å²) in [5, 5.41) is 9.57. The van der Waals surface area contributed by atoms with Crippen LogP contribution in [0.1, 0.15) is 5.56 Å². The van der Waals surface area contributed by atoms with E-state index in [-0.39, 0.29) is 6.61 Å². The first kappa shape index (κ1) is 13.4. The normalized spacial score (nSPS) is 10.3. The van der Waals surface area contributed by atoms with Crippen molar-refractivity contribution in [1.29, 1.82) is 0 Å². The van der Waals surface area contributed by atoms with Crippen LogP contribution >= 0.6 is 0 Å². The Morgan fingerprint density at radius 1 is 0.895 bits per heavy atom. The predicted octanol–water partition coefficient (Wildman–Crippen LogP) is 2.79. The summed E-state index contributed by atoms with van der Waals surface area (Å²) < 4.78 is 5.35. The molecule has 4 heteroatoms. The molecule has 0 fully saturated rings. The topological polar surface area (TPSA) is 47.9 Å². The first-order chi connectivity index (χ1) is 9.31. The lowest BCUT2D eigenvalue weighted by Gasteiger charge is -2.14. The lowest BCUT2D eigenvalue weighted by Crippen LogP contribution is -1.99. The van der Waals surface area contributed by atoms with E-state index < -0.39 is 0 Å². The van der Waals surface area contributed by atoms with E-state index >= 15 is 0 Å². The van der Waals surface area contributed by atoms with Crippen molar-refractivity contribution in [3.63, 3.8) is 0 Å². The van der Waals surface area contributed by atoms with Crippen LogP contribution in [0.25, 0.3) is 11.1 Å². The molecule has 0 heterocycles. The molecule has 0 saturated carbocycles. The number of methoxy groups -OCH3 is 1. The van der Waals surface area contributed by atoms with E-state index in [9.17, 15) is 5.11 Å². The van der Waals surface area contributed by atoms with E-state index in [0.717, 1.165) is 16.9 Å². The predicted molar refractivity (Wildman–Crippen MR) is 72.0 cm³/mol. The summed E-state index contributed by atoms with van der Waals surface area (Å²) in [5.41, 5.74) is 2.42. The zero-order valence-electron chi connectivity index (χ0n) is 10.9. The van der Waals surface area contributed by atoms with E-state index in [1.807, 2.05) is 36.4 Å². The Kier molecular flexibility index (Phi) is 4.39. The van der Waals surface area contributed by atoms with Crippen molar-refractivity contribution in [3.05, 3.63) is 48.0 Å². The summed E-state index contributed by atoms with van der Waals surface area (Å²) in [6.07, 6.45) is 0. The molecule has 0 aliphatic rings. The second-order valence-electron chi connectivity index (χ2n) is 3.89. The molecule has 100 valence electrons. The summed E-state index contributed by atoms with van der Waals surface area (Å²) >= 11 is 0. The maximum Gasteiger partial charge on any atom is 0.171 e. The number of aliphatic hydroxyl groups is 1. The fraction of sp³-hybridized carbons (Fsp3) is 0.200. The van der Waals surface area contributed by atoms with Crippen molar-refractivity contribution < 1.29 is 19.6 Å². The van der Waals surface area contributed by atoms with E-state index in [1.165, 1.54) is 7.11 Å². The van der Waals surface area contributed by atoms with Gasteiger partial charge in [0, 0.05) is 11.1 Å². The number of hydrogen-bond acceptors (Lipinski definition) is 4. The third-order valence-corrected chi connectivity index (χ3v) is 2.86. The van der Waals surface area contributed by atoms with Gasteiger partial charge in [0.2, 0.25) is 0 Å². The van der Waals surface area contributed by atoms with Gasteiger partial charge in [0.15, 0.2) is 5.75 Å². The van der Waals surface area contributed by atoms with Crippen LogP contribution in [0.4, 0.5) is 0 Å². The van der Waals surface area contributed by atoms with Crippen molar-refractivity contribution in [1.82, 2.24) is 0 Å². The van der Waals surface area contributed by atoms with Gasteiger partial charge >= 0.3 is 0 Å². The van der Waals surface area contributed by atoms with Gasteiger partial charge in [0.05, 0.1) is 20.8 Å². The number of hydrogen-bond donors (Lipinski definition) is 1. The highest BCUT2D eigenvalue weighted by Crippen LogP contribution is 2.36. The Bertz CT molecular complexity index is 552. The second-order valence-corrected chi connectivity index (χ2v) is 3.89. The Hall–Kier alpha value is -2.04. The van der Waals surface area contributed by atoms with E-state index in [0.29, 0.717) is 11.3 Å². The summed E-state index contributed by atoms with van der Waals surface area (Å²) in [6, 6.07) is 13.1. The van der Waals surface area contributed by atoms with Crippen LogP contribution in [0.3, 0.4) is 0 Å². The lowest BCUT2D eigenvalue weighted by atomic mass is 9.98. The average Bonchev–Trinajstić information content (AvgIpc) is 2.47. The third kappa shape index (κ3) is 2.70. The molecule has 1 N–H and O–H groups in total. The minimum Gasteiger partial charge on any atom is -0.496 e. The van der Waals surface area contributed by atoms with Crippen LogP contribution < -0.4 is 9.62 Å². The molecule has 0 unspecified atom stereocenters. The number of ether oxygens (including phenoxy) is 1. The van der Waals surface area contributed by atoms with E-state index in [1.54, 1.807) is 13.2 Å². The maximum absolute atomic E-state index is 9.57. The molecule has 4 nitrogen and oxygen atoms in total. The van der Waals surface area contributed by atoms with Gasteiger partial charge in [-0.15, -0.1) is 0 Å². The summed E-state index contributed by atoms with van der Waals surface area (Å²) in [7, 11) is 3.05. The van der Waals surface area contributed by atoms with Crippen LogP contribution in [0.15, 0.2) is 42.5 Å². The van der Waals surface area contributed by atoms with Crippen molar-refractivity contribution in [3.8, 4) is 22.6 Å². The quantitative estimate of drug-likeness (QED) is 0.663. The fourth-order valence-electron chi connectivity index (χ4n) is 2.02. The molecule has 19 heavy (non-hydrogen) atoms. The van der Waals surface area contributed by atoms with Crippen LogP contribution in [-0.2, 0) is 11.5 Å². The Balaban J connectivity index is 2.58. The fourth-order valence-corrected chi connectivity index (χ4v) is 2.02. The first-order valence-electron chi connectivity index (χ1n) is 5.88. The molecular formula is C15H16O4. The summed E-state index contributed by atoms with van der Waals surface area (Å²) in [4.78, 5) is 9.74.